The van der Waals surface area contributed by atoms with E-state index in [2.05, 4.69) is 26.7 Å². The second kappa shape index (κ2) is 18.7. The molecule has 1 fully saturated rings. The average molecular weight is 671 g/mol. The Balaban J connectivity index is 0.000000952. The molecule has 6 N–H and O–H groups in total. The zero-order valence-electron chi connectivity index (χ0n) is 26.5. The Kier molecular flexibility index (Phi) is 14.4. The van der Waals surface area contributed by atoms with E-state index in [-0.39, 0.29) is 44.9 Å². The lowest BCUT2D eigenvalue weighted by Gasteiger charge is -2.24. The van der Waals surface area contributed by atoms with E-state index in [1.54, 1.807) is 23.0 Å². The summed E-state index contributed by atoms with van der Waals surface area (Å²) in [5, 5.41) is 29.9. The van der Waals surface area contributed by atoms with Crippen LogP contribution in [0.3, 0.4) is 0 Å². The van der Waals surface area contributed by atoms with Crippen molar-refractivity contribution in [3.05, 3.63) is 36.3 Å². The Morgan fingerprint density at radius 1 is 1.10 bits per heavy atom. The van der Waals surface area contributed by atoms with Crippen LogP contribution in [0, 0.1) is 17.2 Å². The van der Waals surface area contributed by atoms with Crippen LogP contribution in [0.4, 0.5) is 5.82 Å². The Hall–Kier alpha value is -5.38. The summed E-state index contributed by atoms with van der Waals surface area (Å²) in [7, 11) is 0. The summed E-state index contributed by atoms with van der Waals surface area (Å²) >= 11 is 0. The number of carboxylic acids is 2. The van der Waals surface area contributed by atoms with Gasteiger partial charge in [-0.05, 0) is 30.9 Å². The van der Waals surface area contributed by atoms with Crippen molar-refractivity contribution in [2.75, 3.05) is 51.5 Å². The summed E-state index contributed by atoms with van der Waals surface area (Å²) < 4.78 is 24.1. The highest BCUT2D eigenvalue weighted by Crippen LogP contribution is 2.29. The van der Waals surface area contributed by atoms with Gasteiger partial charge in [0.15, 0.2) is 17.2 Å². The number of imidazole rings is 1. The highest BCUT2D eigenvalue weighted by molar-refractivity contribution is 6.27. The Bertz CT molecular complexity index is 1570. The van der Waals surface area contributed by atoms with Crippen molar-refractivity contribution in [2.24, 2.45) is 11.7 Å². The quantitative estimate of drug-likeness (QED) is 0.0886. The first-order valence-corrected chi connectivity index (χ1v) is 15.0. The summed E-state index contributed by atoms with van der Waals surface area (Å²) in [6.45, 7) is 5.41. The number of rotatable bonds is 14. The summed E-state index contributed by atoms with van der Waals surface area (Å²) in [5.74, 6) is -3.07. The predicted octanol–water partition coefficient (Wildman–Crippen LogP) is 0.472. The molecule has 0 saturated carbocycles. The molecule has 3 aromatic rings. The number of fused-ring (bicyclic) bond motifs is 1. The smallest absolute Gasteiger partial charge is 0.414 e. The maximum Gasteiger partial charge on any atom is 0.414 e. The van der Waals surface area contributed by atoms with E-state index in [9.17, 15) is 9.59 Å². The number of esters is 1. The monoisotopic (exact) mass is 670 g/mol. The van der Waals surface area contributed by atoms with Gasteiger partial charge in [-0.1, -0.05) is 13.8 Å². The number of carbonyl (C=O) groups is 4. The number of amides is 1. The molecule has 0 aromatic carbocycles. The number of ether oxygens (including phenoxy) is 4. The molecule has 1 aliphatic rings. The number of aliphatic carboxylic acids is 2. The molecule has 0 unspecified atom stereocenters. The third-order valence-electron chi connectivity index (χ3n) is 6.74. The molecule has 18 nitrogen and oxygen atoms in total. The molecular formula is C30H38N8O10. The van der Waals surface area contributed by atoms with Crippen molar-refractivity contribution in [2.45, 2.75) is 38.8 Å². The van der Waals surface area contributed by atoms with Crippen molar-refractivity contribution in [1.29, 1.82) is 5.26 Å². The van der Waals surface area contributed by atoms with Gasteiger partial charge in [-0.15, -0.1) is 0 Å². The fourth-order valence-corrected chi connectivity index (χ4v) is 4.27. The second-order valence-electron chi connectivity index (χ2n) is 10.6. The van der Waals surface area contributed by atoms with Crippen molar-refractivity contribution in [3.63, 3.8) is 0 Å². The maximum absolute atomic E-state index is 12.3. The van der Waals surface area contributed by atoms with E-state index in [1.165, 1.54) is 6.20 Å². The number of nitriles is 1. The number of nitrogens with one attached hydrogen (secondary N) is 2. The minimum atomic E-state index is -1.82. The first-order valence-electron chi connectivity index (χ1n) is 15.0. The topological polar surface area (TPSA) is 263 Å². The molecule has 3 aromatic heterocycles. The van der Waals surface area contributed by atoms with Gasteiger partial charge in [-0.25, -0.2) is 29.3 Å². The van der Waals surface area contributed by atoms with Crippen molar-refractivity contribution >= 4 is 40.8 Å². The zero-order chi connectivity index (χ0) is 35.1. The molecule has 4 heterocycles. The van der Waals surface area contributed by atoms with Crippen LogP contribution in [0.15, 0.2) is 30.7 Å². The zero-order valence-corrected chi connectivity index (χ0v) is 26.5. The van der Waals surface area contributed by atoms with Crippen molar-refractivity contribution in [3.8, 4) is 17.6 Å². The third-order valence-corrected chi connectivity index (χ3v) is 6.74. The van der Waals surface area contributed by atoms with Gasteiger partial charge in [-0.2, -0.15) is 5.26 Å². The van der Waals surface area contributed by atoms with Gasteiger partial charge in [0.05, 0.1) is 25.3 Å². The highest BCUT2D eigenvalue weighted by Gasteiger charge is 2.25. The first-order chi connectivity index (χ1) is 23.0. The molecule has 0 aliphatic carbocycles. The molecule has 4 rings (SSSR count). The lowest BCUT2D eigenvalue weighted by Crippen LogP contribution is -2.47. The Morgan fingerprint density at radius 3 is 2.42 bits per heavy atom. The van der Waals surface area contributed by atoms with Crippen LogP contribution in [0.2, 0.25) is 0 Å². The van der Waals surface area contributed by atoms with E-state index in [4.69, 9.17) is 54.7 Å². The number of anilines is 1. The normalized spacial score (nSPS) is 13.5. The van der Waals surface area contributed by atoms with Crippen LogP contribution in [0.1, 0.15) is 32.3 Å². The van der Waals surface area contributed by atoms with E-state index in [0.717, 1.165) is 12.8 Å². The van der Waals surface area contributed by atoms with Crippen molar-refractivity contribution < 1.29 is 48.3 Å². The Morgan fingerprint density at radius 2 is 1.81 bits per heavy atom. The van der Waals surface area contributed by atoms with Gasteiger partial charge in [0, 0.05) is 31.5 Å². The van der Waals surface area contributed by atoms with Crippen LogP contribution >= 0.6 is 0 Å². The van der Waals surface area contributed by atoms with Crippen LogP contribution in [0.5, 0.6) is 5.75 Å². The molecule has 0 bridgehead atoms. The first kappa shape index (κ1) is 37.1. The number of nitrogens with zero attached hydrogens (tertiary/aromatic N) is 5. The van der Waals surface area contributed by atoms with Crippen molar-refractivity contribution in [1.82, 2.24) is 24.8 Å². The number of nitrogens with two attached hydrogens (primary N) is 1. The van der Waals surface area contributed by atoms with Crippen LogP contribution in [-0.2, 0) is 33.4 Å². The number of pyridine rings is 2. The number of hydrogen-bond donors (Lipinski definition) is 5. The van der Waals surface area contributed by atoms with E-state index in [1.807, 2.05) is 19.9 Å². The lowest BCUT2D eigenvalue weighted by molar-refractivity contribution is -0.159. The van der Waals surface area contributed by atoms with E-state index >= 15 is 0 Å². The second-order valence-corrected chi connectivity index (χ2v) is 10.6. The molecule has 0 spiro atoms. The summed E-state index contributed by atoms with van der Waals surface area (Å²) in [5.41, 5.74) is 6.99. The van der Waals surface area contributed by atoms with Gasteiger partial charge in [0.1, 0.15) is 43.0 Å². The molecule has 1 amide bonds. The predicted molar refractivity (Wildman–Crippen MR) is 167 cm³/mol. The lowest BCUT2D eigenvalue weighted by atomic mass is 10.0. The summed E-state index contributed by atoms with van der Waals surface area (Å²) in [6, 6.07) is 6.71. The minimum absolute atomic E-state index is 0.0332. The Labute approximate surface area is 275 Å². The standard InChI is InChI=1S/C28H36N8O6.C2H2O4/c1-18(2)25(34-24(37)15-30)28(38)42-12-10-40-9-11-41-22-13-21-27(35-26(22)33-20-5-7-39-8-6-20)36(17-32-21)23-4-3-19(14-29)16-31-23;3-1(4)2(5)6/h3-4,13,16-18,20,25H,5-12,15,30H2,1-2H3,(H,33,35)(H,34,37);(H,3,4)(H,5,6)/t25-;/m0./s1. The fourth-order valence-electron chi connectivity index (χ4n) is 4.27. The molecule has 18 heteroatoms. The van der Waals surface area contributed by atoms with Gasteiger partial charge in [0.25, 0.3) is 0 Å². The molecule has 258 valence electrons. The van der Waals surface area contributed by atoms with Gasteiger partial charge < -0.3 is 45.5 Å². The molecule has 0 radical (unpaired) electrons. The fraction of sp³-hybridized carbons (Fsp3) is 0.467. The van der Waals surface area contributed by atoms with Crippen LogP contribution in [-0.4, -0.2) is 112 Å². The molecular weight excluding hydrogens is 632 g/mol. The largest absolute Gasteiger partial charge is 0.487 e. The molecule has 1 saturated heterocycles. The molecule has 48 heavy (non-hydrogen) atoms. The third kappa shape index (κ3) is 11.2. The van der Waals surface area contributed by atoms with E-state index in [0.29, 0.717) is 47.3 Å². The molecule has 1 atom stereocenters. The van der Waals surface area contributed by atoms with Crippen LogP contribution < -0.4 is 21.1 Å². The molecule has 1 aliphatic heterocycles. The maximum atomic E-state index is 12.3. The number of hydrogen-bond acceptors (Lipinski definition) is 14. The SMILES string of the molecule is CC(C)[C@H](NC(=O)CN)C(=O)OCCOCCOc1cc2ncn(-c3ccc(C#N)cn3)c2nc1NC1CCOCC1.O=C(O)C(=O)O. The van der Waals surface area contributed by atoms with Gasteiger partial charge >= 0.3 is 17.9 Å². The van der Waals surface area contributed by atoms with Gasteiger partial charge in [-0.3, -0.25) is 9.36 Å². The number of carbonyl (C=O) groups excluding carboxylic acids is 2. The highest BCUT2D eigenvalue weighted by atomic mass is 16.6. The number of carboxylic acid groups (broad SMARTS) is 2. The summed E-state index contributed by atoms with van der Waals surface area (Å²) in [6.07, 6.45) is 4.81. The van der Waals surface area contributed by atoms with Gasteiger partial charge in [0.2, 0.25) is 5.91 Å². The number of aromatic nitrogens is 4. The summed E-state index contributed by atoms with van der Waals surface area (Å²) in [4.78, 5) is 55.8. The average Bonchev–Trinajstić information content (AvgIpc) is 3.49. The van der Waals surface area contributed by atoms with Crippen LogP contribution in [0.25, 0.3) is 17.0 Å². The van der Waals surface area contributed by atoms with E-state index < -0.39 is 29.9 Å². The minimum Gasteiger partial charge on any atom is -0.487 e.